The standard InChI is InChI=1S/C5H9N3/c1-2-7-8-5-3-4-6/h2,8H,3,5H2,1H3/b7-2-. The summed E-state index contributed by atoms with van der Waals surface area (Å²) in [5, 5.41) is 11.7. The molecule has 1 N–H and O–H groups in total. The Hall–Kier alpha value is -1.04. The summed E-state index contributed by atoms with van der Waals surface area (Å²) in [7, 11) is 0. The van der Waals surface area contributed by atoms with Crippen molar-refractivity contribution in [3.8, 4) is 6.07 Å². The molecule has 3 heteroatoms. The second-order valence-corrected chi connectivity index (χ2v) is 1.20. The highest BCUT2D eigenvalue weighted by molar-refractivity contribution is 5.52. The van der Waals surface area contributed by atoms with Gasteiger partial charge in [-0.3, -0.25) is 0 Å². The van der Waals surface area contributed by atoms with Crippen LogP contribution in [0.5, 0.6) is 0 Å². The Labute approximate surface area is 49.0 Å². The van der Waals surface area contributed by atoms with Gasteiger partial charge < -0.3 is 5.43 Å². The van der Waals surface area contributed by atoms with Gasteiger partial charge in [-0.2, -0.15) is 10.4 Å². The first-order valence-electron chi connectivity index (χ1n) is 2.49. The van der Waals surface area contributed by atoms with Crippen LogP contribution in [0, 0.1) is 11.3 Å². The smallest absolute Gasteiger partial charge is 0.0640 e. The molecule has 3 nitrogen and oxygen atoms in total. The van der Waals surface area contributed by atoms with Gasteiger partial charge in [0, 0.05) is 12.8 Å². The van der Waals surface area contributed by atoms with Crippen molar-refractivity contribution in [3.05, 3.63) is 0 Å². The quantitative estimate of drug-likeness (QED) is 0.327. The lowest BCUT2D eigenvalue weighted by molar-refractivity contribution is 0.750. The maximum absolute atomic E-state index is 8.02. The van der Waals surface area contributed by atoms with Crippen LogP contribution in [0.4, 0.5) is 0 Å². The van der Waals surface area contributed by atoms with Crippen molar-refractivity contribution in [3.63, 3.8) is 0 Å². The summed E-state index contributed by atoms with van der Waals surface area (Å²) < 4.78 is 0. The minimum absolute atomic E-state index is 0.511. The molecule has 0 heterocycles. The lowest BCUT2D eigenvalue weighted by atomic mass is 10.5. The molecule has 0 fully saturated rings. The molecule has 0 amide bonds. The molecule has 0 aliphatic rings. The fourth-order valence-electron chi connectivity index (χ4n) is 0.268. The minimum atomic E-state index is 0.511. The van der Waals surface area contributed by atoms with Crippen LogP contribution >= 0.6 is 0 Å². The molecule has 0 unspecified atom stereocenters. The maximum atomic E-state index is 8.02. The molecule has 0 saturated heterocycles. The number of nitriles is 1. The van der Waals surface area contributed by atoms with Gasteiger partial charge in [-0.1, -0.05) is 0 Å². The maximum Gasteiger partial charge on any atom is 0.0640 e. The van der Waals surface area contributed by atoms with E-state index in [0.717, 1.165) is 0 Å². The van der Waals surface area contributed by atoms with Crippen molar-refractivity contribution in [2.75, 3.05) is 6.54 Å². The van der Waals surface area contributed by atoms with E-state index < -0.39 is 0 Å². The topological polar surface area (TPSA) is 48.2 Å². The normalized spacial score (nSPS) is 9.00. The minimum Gasteiger partial charge on any atom is -0.309 e. The number of nitrogens with zero attached hydrogens (tertiary/aromatic N) is 2. The van der Waals surface area contributed by atoms with Crippen LogP contribution in [0.15, 0.2) is 5.10 Å². The van der Waals surface area contributed by atoms with E-state index in [1.807, 2.05) is 13.0 Å². The van der Waals surface area contributed by atoms with Crippen LogP contribution in [-0.2, 0) is 0 Å². The third-order valence-electron chi connectivity index (χ3n) is 0.569. The molecule has 0 aromatic rings. The first-order chi connectivity index (χ1) is 3.91. The molecule has 44 valence electrons. The summed E-state index contributed by atoms with van der Waals surface area (Å²) in [6.45, 7) is 2.46. The molecule has 8 heavy (non-hydrogen) atoms. The van der Waals surface area contributed by atoms with Crippen LogP contribution < -0.4 is 5.43 Å². The summed E-state index contributed by atoms with van der Waals surface area (Å²) in [5.41, 5.74) is 2.68. The van der Waals surface area contributed by atoms with Crippen LogP contribution in [0.1, 0.15) is 13.3 Å². The lowest BCUT2D eigenvalue weighted by Crippen LogP contribution is -2.05. The third-order valence-corrected chi connectivity index (χ3v) is 0.569. The number of hydrazone groups is 1. The third kappa shape index (κ3) is 4.96. The largest absolute Gasteiger partial charge is 0.309 e. The number of rotatable bonds is 3. The predicted octanol–water partition coefficient (Wildman–Crippen LogP) is 0.495. The summed E-state index contributed by atoms with van der Waals surface area (Å²) in [5.74, 6) is 0. The van der Waals surface area contributed by atoms with Gasteiger partial charge in [0.1, 0.15) is 0 Å². The zero-order chi connectivity index (χ0) is 6.24. The SMILES string of the molecule is C/C=N\NCCC#N. The second-order valence-electron chi connectivity index (χ2n) is 1.20. The van der Waals surface area contributed by atoms with Crippen LogP contribution in [-0.4, -0.2) is 12.8 Å². The van der Waals surface area contributed by atoms with Crippen LogP contribution in [0.3, 0.4) is 0 Å². The van der Waals surface area contributed by atoms with Crippen molar-refractivity contribution in [1.29, 1.82) is 5.26 Å². The Balaban J connectivity index is 2.85. The van der Waals surface area contributed by atoms with Gasteiger partial charge in [0.15, 0.2) is 0 Å². The van der Waals surface area contributed by atoms with E-state index in [9.17, 15) is 0 Å². The summed E-state index contributed by atoms with van der Waals surface area (Å²) in [4.78, 5) is 0. The lowest BCUT2D eigenvalue weighted by Gasteiger charge is -1.89. The Morgan fingerprint density at radius 2 is 2.62 bits per heavy atom. The van der Waals surface area contributed by atoms with E-state index in [2.05, 4.69) is 10.5 Å². The van der Waals surface area contributed by atoms with E-state index in [1.165, 1.54) is 0 Å². The Bertz CT molecular complexity index is 101. The first-order valence-corrected chi connectivity index (χ1v) is 2.49. The summed E-state index contributed by atoms with van der Waals surface area (Å²) in [6, 6.07) is 1.99. The molecule has 0 spiro atoms. The Morgan fingerprint density at radius 3 is 3.12 bits per heavy atom. The molecule has 0 radical (unpaired) electrons. The molecule has 0 rings (SSSR count). The van der Waals surface area contributed by atoms with Crippen LogP contribution in [0.2, 0.25) is 0 Å². The van der Waals surface area contributed by atoms with Crippen molar-refractivity contribution in [1.82, 2.24) is 5.43 Å². The van der Waals surface area contributed by atoms with Crippen molar-refractivity contribution in [2.24, 2.45) is 5.10 Å². The molecule has 0 saturated carbocycles. The second kappa shape index (κ2) is 5.96. The monoisotopic (exact) mass is 111 g/mol. The van der Waals surface area contributed by atoms with E-state index in [1.54, 1.807) is 6.21 Å². The van der Waals surface area contributed by atoms with Gasteiger partial charge in [-0.25, -0.2) is 0 Å². The highest BCUT2D eigenvalue weighted by atomic mass is 15.3. The molecule has 0 atom stereocenters. The van der Waals surface area contributed by atoms with Crippen molar-refractivity contribution < 1.29 is 0 Å². The van der Waals surface area contributed by atoms with Gasteiger partial charge in [-0.15, -0.1) is 0 Å². The van der Waals surface area contributed by atoms with E-state index in [-0.39, 0.29) is 0 Å². The zero-order valence-electron chi connectivity index (χ0n) is 4.89. The van der Waals surface area contributed by atoms with E-state index in [0.29, 0.717) is 13.0 Å². The number of hydrogen-bond donors (Lipinski definition) is 1. The highest BCUT2D eigenvalue weighted by Gasteiger charge is 1.75. The molecular weight excluding hydrogens is 102 g/mol. The van der Waals surface area contributed by atoms with E-state index in [4.69, 9.17) is 5.26 Å². The van der Waals surface area contributed by atoms with Gasteiger partial charge in [0.2, 0.25) is 0 Å². The first kappa shape index (κ1) is 6.96. The molecule has 0 aliphatic carbocycles. The average molecular weight is 111 g/mol. The number of hydrogen-bond acceptors (Lipinski definition) is 3. The summed E-state index contributed by atoms with van der Waals surface area (Å²) >= 11 is 0. The molecule has 0 aliphatic heterocycles. The summed E-state index contributed by atoms with van der Waals surface area (Å²) in [6.07, 6.45) is 2.16. The van der Waals surface area contributed by atoms with Gasteiger partial charge in [-0.05, 0) is 6.92 Å². The van der Waals surface area contributed by atoms with Crippen molar-refractivity contribution >= 4 is 6.21 Å². The zero-order valence-corrected chi connectivity index (χ0v) is 4.89. The van der Waals surface area contributed by atoms with Crippen LogP contribution in [0.25, 0.3) is 0 Å². The molecular formula is C5H9N3. The fourth-order valence-corrected chi connectivity index (χ4v) is 0.268. The average Bonchev–Trinajstić information content (AvgIpc) is 1.81. The molecule has 0 bridgehead atoms. The van der Waals surface area contributed by atoms with E-state index >= 15 is 0 Å². The Kier molecular flexibility index (Phi) is 5.19. The molecule has 0 aromatic carbocycles. The van der Waals surface area contributed by atoms with Crippen molar-refractivity contribution in [2.45, 2.75) is 13.3 Å². The highest BCUT2D eigenvalue weighted by Crippen LogP contribution is 1.67. The van der Waals surface area contributed by atoms with Gasteiger partial charge in [0.25, 0.3) is 0 Å². The van der Waals surface area contributed by atoms with Gasteiger partial charge >= 0.3 is 0 Å². The predicted molar refractivity (Wildman–Crippen MR) is 32.4 cm³/mol. The van der Waals surface area contributed by atoms with Gasteiger partial charge in [0.05, 0.1) is 12.5 Å². The number of nitrogens with one attached hydrogen (secondary N) is 1. The fraction of sp³-hybridized carbons (Fsp3) is 0.600. The molecule has 0 aromatic heterocycles. The Morgan fingerprint density at radius 1 is 1.88 bits per heavy atom.